The van der Waals surface area contributed by atoms with Gasteiger partial charge in [0.05, 0.1) is 21.4 Å². The van der Waals surface area contributed by atoms with Crippen molar-refractivity contribution in [2.24, 2.45) is 0 Å². The van der Waals surface area contributed by atoms with Crippen LogP contribution in [0, 0.1) is 0 Å². The van der Waals surface area contributed by atoms with Crippen LogP contribution in [0.25, 0.3) is 0 Å². The molecule has 148 valence electrons. The summed E-state index contributed by atoms with van der Waals surface area (Å²) >= 11 is 12.4. The first kappa shape index (κ1) is 19.3. The highest BCUT2D eigenvalue weighted by Crippen LogP contribution is 2.38. The minimum absolute atomic E-state index is 0.0839. The summed E-state index contributed by atoms with van der Waals surface area (Å²) in [4.78, 5) is 29.1. The summed E-state index contributed by atoms with van der Waals surface area (Å²) in [6, 6.07) is 8.24. The lowest BCUT2D eigenvalue weighted by molar-refractivity contribution is -0.135. The molecule has 1 aromatic carbocycles. The summed E-state index contributed by atoms with van der Waals surface area (Å²) in [6.07, 6.45) is 2.20. The predicted octanol–water partition coefficient (Wildman–Crippen LogP) is 3.34. The Hall–Kier alpha value is -2.05. The van der Waals surface area contributed by atoms with Gasteiger partial charge in [0.1, 0.15) is 6.04 Å². The van der Waals surface area contributed by atoms with Crippen LogP contribution in [0.3, 0.4) is 0 Å². The highest BCUT2D eigenvalue weighted by atomic mass is 35.5. The van der Waals surface area contributed by atoms with E-state index in [0.29, 0.717) is 42.1 Å². The van der Waals surface area contributed by atoms with Crippen LogP contribution < -0.4 is 10.5 Å². The Morgan fingerprint density at radius 1 is 1.11 bits per heavy atom. The largest absolute Gasteiger partial charge is 0.367 e. The van der Waals surface area contributed by atoms with Crippen molar-refractivity contribution >= 4 is 34.8 Å². The van der Waals surface area contributed by atoms with Crippen molar-refractivity contribution in [3.8, 4) is 0 Å². The van der Waals surface area contributed by atoms with Crippen molar-refractivity contribution in [2.75, 3.05) is 31.1 Å². The number of amides is 1. The van der Waals surface area contributed by atoms with Gasteiger partial charge in [-0.25, -0.2) is 4.68 Å². The Balaban J connectivity index is 1.44. The van der Waals surface area contributed by atoms with Crippen LogP contribution in [0.15, 0.2) is 35.1 Å². The number of piperazine rings is 1. The van der Waals surface area contributed by atoms with E-state index in [2.05, 4.69) is 10.00 Å². The third-order valence-electron chi connectivity index (χ3n) is 5.43. The molecule has 8 heteroatoms. The van der Waals surface area contributed by atoms with Crippen LogP contribution in [-0.2, 0) is 4.79 Å². The maximum atomic E-state index is 13.0. The molecule has 4 rings (SSSR count). The lowest BCUT2D eigenvalue weighted by atomic mass is 10.2. The maximum absolute atomic E-state index is 13.0. The molecule has 2 heterocycles. The smallest absolute Gasteiger partial charge is 0.267 e. The predicted molar refractivity (Wildman–Crippen MR) is 110 cm³/mol. The highest BCUT2D eigenvalue weighted by molar-refractivity contribution is 6.43. The zero-order valence-electron chi connectivity index (χ0n) is 15.6. The topological polar surface area (TPSA) is 58.4 Å². The van der Waals surface area contributed by atoms with Crippen molar-refractivity contribution < 1.29 is 4.79 Å². The number of nitrogens with zero attached hydrogens (tertiary/aromatic N) is 4. The Morgan fingerprint density at radius 3 is 2.50 bits per heavy atom. The molecular formula is C20H22Cl2N4O2. The molecule has 0 bridgehead atoms. The summed E-state index contributed by atoms with van der Waals surface area (Å²) in [5, 5.41) is 5.50. The fraction of sp³-hybridized carbons (Fsp3) is 0.450. The lowest BCUT2D eigenvalue weighted by Gasteiger charge is -2.37. The molecule has 1 amide bonds. The van der Waals surface area contributed by atoms with Gasteiger partial charge in [-0.15, -0.1) is 0 Å². The van der Waals surface area contributed by atoms with Gasteiger partial charge in [-0.3, -0.25) is 9.59 Å². The number of halogens is 2. The molecule has 1 unspecified atom stereocenters. The van der Waals surface area contributed by atoms with E-state index in [1.807, 2.05) is 12.1 Å². The van der Waals surface area contributed by atoms with E-state index in [1.54, 1.807) is 24.0 Å². The van der Waals surface area contributed by atoms with Gasteiger partial charge >= 0.3 is 0 Å². The molecule has 6 nitrogen and oxygen atoms in total. The van der Waals surface area contributed by atoms with Crippen molar-refractivity contribution in [1.29, 1.82) is 0 Å². The first-order chi connectivity index (χ1) is 13.5. The standard InChI is InChI=1S/C20H22Cl2N4O2/c1-13(26-18(27)8-7-16(23-26)14-5-6-14)20(28)25-11-9-24(10-12-25)17-4-2-3-15(21)19(17)22/h2-4,7-8,13-14H,5-6,9-12H2,1H3. The van der Waals surface area contributed by atoms with Crippen LogP contribution in [0.5, 0.6) is 0 Å². The molecule has 1 aromatic heterocycles. The molecular weight excluding hydrogens is 399 g/mol. The molecule has 0 spiro atoms. The van der Waals surface area contributed by atoms with Crippen LogP contribution in [0.4, 0.5) is 5.69 Å². The average molecular weight is 421 g/mol. The SMILES string of the molecule is CC(C(=O)N1CCN(c2cccc(Cl)c2Cl)CC1)n1nc(C2CC2)ccc1=O. The Bertz CT molecular complexity index is 949. The molecule has 2 aliphatic rings. The molecule has 0 radical (unpaired) electrons. The first-order valence-corrected chi connectivity index (χ1v) is 10.3. The number of hydrogen-bond donors (Lipinski definition) is 0. The van der Waals surface area contributed by atoms with E-state index >= 15 is 0 Å². The Labute approximate surface area is 173 Å². The average Bonchev–Trinajstić information content (AvgIpc) is 3.55. The quantitative estimate of drug-likeness (QED) is 0.760. The van der Waals surface area contributed by atoms with Gasteiger partial charge in [-0.1, -0.05) is 29.3 Å². The van der Waals surface area contributed by atoms with Gasteiger partial charge in [-0.2, -0.15) is 5.10 Å². The third kappa shape index (κ3) is 3.76. The summed E-state index contributed by atoms with van der Waals surface area (Å²) < 4.78 is 1.33. The fourth-order valence-corrected chi connectivity index (χ4v) is 4.00. The summed E-state index contributed by atoms with van der Waals surface area (Å²) in [7, 11) is 0. The molecule has 28 heavy (non-hydrogen) atoms. The van der Waals surface area contributed by atoms with Crippen LogP contribution in [0.1, 0.15) is 37.4 Å². The highest BCUT2D eigenvalue weighted by Gasteiger charge is 2.30. The summed E-state index contributed by atoms with van der Waals surface area (Å²) in [5.41, 5.74) is 1.54. The normalized spacial score (nSPS) is 18.2. The molecule has 1 saturated carbocycles. The van der Waals surface area contributed by atoms with Gasteiger partial charge in [0, 0.05) is 38.2 Å². The minimum Gasteiger partial charge on any atom is -0.367 e. The number of aromatic nitrogens is 2. The number of carbonyl (C=O) groups is 1. The third-order valence-corrected chi connectivity index (χ3v) is 6.24. The van der Waals surface area contributed by atoms with Crippen LogP contribution in [0.2, 0.25) is 10.0 Å². The van der Waals surface area contributed by atoms with Gasteiger partial charge in [-0.05, 0) is 38.0 Å². The number of benzene rings is 1. The molecule has 2 aromatic rings. The van der Waals surface area contributed by atoms with E-state index in [1.165, 1.54) is 10.7 Å². The Kier molecular flexibility index (Phi) is 5.34. The number of carbonyl (C=O) groups excluding carboxylic acids is 1. The lowest BCUT2D eigenvalue weighted by Crippen LogP contribution is -2.51. The van der Waals surface area contributed by atoms with E-state index in [-0.39, 0.29) is 11.5 Å². The van der Waals surface area contributed by atoms with Crippen LogP contribution >= 0.6 is 23.2 Å². The molecule has 0 N–H and O–H groups in total. The number of anilines is 1. The molecule has 1 atom stereocenters. The van der Waals surface area contributed by atoms with Gasteiger partial charge < -0.3 is 9.80 Å². The van der Waals surface area contributed by atoms with Crippen molar-refractivity contribution in [3.05, 3.63) is 56.4 Å². The fourth-order valence-electron chi connectivity index (χ4n) is 3.59. The molecule has 1 aliphatic carbocycles. The van der Waals surface area contributed by atoms with Crippen LogP contribution in [-0.4, -0.2) is 46.8 Å². The van der Waals surface area contributed by atoms with E-state index in [0.717, 1.165) is 24.2 Å². The second-order valence-electron chi connectivity index (χ2n) is 7.38. The number of rotatable bonds is 4. The van der Waals surface area contributed by atoms with Crippen molar-refractivity contribution in [3.63, 3.8) is 0 Å². The van der Waals surface area contributed by atoms with Gasteiger partial charge in [0.15, 0.2) is 0 Å². The molecule has 1 aliphatic heterocycles. The van der Waals surface area contributed by atoms with E-state index < -0.39 is 6.04 Å². The monoisotopic (exact) mass is 420 g/mol. The van der Waals surface area contributed by atoms with Crippen molar-refractivity contribution in [2.45, 2.75) is 31.7 Å². The molecule has 2 fully saturated rings. The Morgan fingerprint density at radius 2 is 1.82 bits per heavy atom. The first-order valence-electron chi connectivity index (χ1n) is 9.53. The zero-order chi connectivity index (χ0) is 19.8. The molecule has 1 saturated heterocycles. The van der Waals surface area contributed by atoms with E-state index in [9.17, 15) is 9.59 Å². The second kappa shape index (κ2) is 7.76. The van der Waals surface area contributed by atoms with Crippen molar-refractivity contribution in [1.82, 2.24) is 14.7 Å². The summed E-state index contributed by atoms with van der Waals surface area (Å²) in [5.74, 6) is 0.347. The maximum Gasteiger partial charge on any atom is 0.267 e. The zero-order valence-corrected chi connectivity index (χ0v) is 17.2. The summed E-state index contributed by atoms with van der Waals surface area (Å²) in [6.45, 7) is 4.17. The van der Waals surface area contributed by atoms with Gasteiger partial charge in [0.2, 0.25) is 5.91 Å². The number of hydrogen-bond acceptors (Lipinski definition) is 4. The van der Waals surface area contributed by atoms with Gasteiger partial charge in [0.25, 0.3) is 5.56 Å². The van der Waals surface area contributed by atoms with E-state index in [4.69, 9.17) is 23.2 Å². The minimum atomic E-state index is -0.618. The second-order valence-corrected chi connectivity index (χ2v) is 8.16.